The molecular formula is C19H30FN5O4S. The Labute approximate surface area is 177 Å². The highest BCUT2D eigenvalue weighted by atomic mass is 32.2. The van der Waals surface area contributed by atoms with Crippen molar-refractivity contribution >= 4 is 27.6 Å². The van der Waals surface area contributed by atoms with Crippen molar-refractivity contribution in [2.75, 3.05) is 57.4 Å². The fourth-order valence-corrected chi connectivity index (χ4v) is 4.24. The van der Waals surface area contributed by atoms with Gasteiger partial charge in [-0.25, -0.2) is 12.8 Å². The second-order valence-electron chi connectivity index (χ2n) is 7.08. The molecule has 0 atom stereocenters. The third-order valence-corrected chi connectivity index (χ3v) is 6.29. The molecule has 1 aliphatic rings. The summed E-state index contributed by atoms with van der Waals surface area (Å²) in [7, 11) is -1.78. The number of guanidine groups is 1. The van der Waals surface area contributed by atoms with Crippen LogP contribution in [0.25, 0.3) is 0 Å². The monoisotopic (exact) mass is 443 g/mol. The molecule has 2 rings (SSSR count). The maximum absolute atomic E-state index is 13.2. The number of ether oxygens (including phenoxy) is 1. The van der Waals surface area contributed by atoms with Crippen LogP contribution in [-0.2, 0) is 19.6 Å². The first-order valence-corrected chi connectivity index (χ1v) is 11.4. The molecule has 11 heteroatoms. The highest BCUT2D eigenvalue weighted by Crippen LogP contribution is 2.10. The fourth-order valence-electron chi connectivity index (χ4n) is 2.96. The van der Waals surface area contributed by atoms with Crippen molar-refractivity contribution in [1.29, 1.82) is 0 Å². The predicted octanol–water partition coefficient (Wildman–Crippen LogP) is 0.712. The zero-order valence-corrected chi connectivity index (χ0v) is 18.4. The van der Waals surface area contributed by atoms with Crippen LogP contribution in [0.5, 0.6) is 0 Å². The molecule has 9 nitrogen and oxygen atoms in total. The minimum atomic E-state index is -3.37. The summed E-state index contributed by atoms with van der Waals surface area (Å²) in [6, 6.07) is 5.65. The molecule has 1 amide bonds. The van der Waals surface area contributed by atoms with Gasteiger partial charge in [-0.15, -0.1) is 0 Å². The van der Waals surface area contributed by atoms with Crippen molar-refractivity contribution in [3.8, 4) is 0 Å². The Morgan fingerprint density at radius 3 is 2.57 bits per heavy atom. The van der Waals surface area contributed by atoms with Gasteiger partial charge in [0, 0.05) is 38.9 Å². The van der Waals surface area contributed by atoms with Crippen LogP contribution >= 0.6 is 0 Å². The molecule has 0 radical (unpaired) electrons. The van der Waals surface area contributed by atoms with Crippen LogP contribution in [0.4, 0.5) is 10.1 Å². The molecule has 30 heavy (non-hydrogen) atoms. The van der Waals surface area contributed by atoms with E-state index in [1.54, 1.807) is 13.1 Å². The van der Waals surface area contributed by atoms with Gasteiger partial charge in [0.25, 0.3) is 0 Å². The van der Waals surface area contributed by atoms with E-state index in [0.717, 1.165) is 0 Å². The normalized spacial score (nSPS) is 16.0. The van der Waals surface area contributed by atoms with Crippen LogP contribution in [-0.4, -0.2) is 87.7 Å². The van der Waals surface area contributed by atoms with E-state index in [0.29, 0.717) is 37.8 Å². The number of hydrogen-bond donors (Lipinski definition) is 2. The SMILES string of the molecule is CN=C(NCC(=O)Nc1cccc(F)c1)N1CCN(S(=O)(=O)CCOC(C)C)CC1. The number of hydrogen-bond acceptors (Lipinski definition) is 5. The Balaban J connectivity index is 1.80. The number of carbonyl (C=O) groups excluding carboxylic acids is 1. The third-order valence-electron chi connectivity index (χ3n) is 4.45. The van der Waals surface area contributed by atoms with Crippen LogP contribution in [0.2, 0.25) is 0 Å². The summed E-state index contributed by atoms with van der Waals surface area (Å²) < 4.78 is 44.9. The van der Waals surface area contributed by atoms with E-state index in [4.69, 9.17) is 4.74 Å². The average Bonchev–Trinajstić information content (AvgIpc) is 2.68. The lowest BCUT2D eigenvalue weighted by Gasteiger charge is -2.35. The summed E-state index contributed by atoms with van der Waals surface area (Å²) in [5, 5.41) is 5.56. The molecule has 0 bridgehead atoms. The number of nitrogens with zero attached hydrogens (tertiary/aromatic N) is 3. The number of anilines is 1. The number of rotatable bonds is 8. The molecular weight excluding hydrogens is 413 g/mol. The van der Waals surface area contributed by atoms with Crippen LogP contribution in [0.15, 0.2) is 29.3 Å². The number of halogens is 1. The van der Waals surface area contributed by atoms with Crippen molar-refractivity contribution in [3.63, 3.8) is 0 Å². The largest absolute Gasteiger partial charge is 0.378 e. The summed E-state index contributed by atoms with van der Waals surface area (Å²) in [5.41, 5.74) is 0.372. The highest BCUT2D eigenvalue weighted by Gasteiger charge is 2.28. The molecule has 1 aromatic carbocycles. The summed E-state index contributed by atoms with van der Waals surface area (Å²) in [6.45, 7) is 5.42. The van der Waals surface area contributed by atoms with Crippen molar-refractivity contribution in [3.05, 3.63) is 30.1 Å². The molecule has 0 aliphatic carbocycles. The summed E-state index contributed by atoms with van der Waals surface area (Å²) in [4.78, 5) is 18.1. The summed E-state index contributed by atoms with van der Waals surface area (Å²) in [6.07, 6.45) is -0.00967. The Hall–Kier alpha value is -2.24. The predicted molar refractivity (Wildman–Crippen MR) is 114 cm³/mol. The van der Waals surface area contributed by atoms with Crippen LogP contribution < -0.4 is 10.6 Å². The molecule has 0 aromatic heterocycles. The van der Waals surface area contributed by atoms with Gasteiger partial charge in [0.15, 0.2) is 5.96 Å². The number of amides is 1. The Morgan fingerprint density at radius 2 is 1.97 bits per heavy atom. The lowest BCUT2D eigenvalue weighted by Crippen LogP contribution is -2.54. The van der Waals surface area contributed by atoms with E-state index in [-0.39, 0.29) is 30.9 Å². The van der Waals surface area contributed by atoms with E-state index in [1.807, 2.05) is 18.7 Å². The quantitative estimate of drug-likeness (QED) is 0.453. The maximum Gasteiger partial charge on any atom is 0.243 e. The second-order valence-corrected chi connectivity index (χ2v) is 9.17. The first-order valence-electron chi connectivity index (χ1n) is 9.81. The number of piperazine rings is 1. The average molecular weight is 444 g/mol. The zero-order chi connectivity index (χ0) is 22.1. The van der Waals surface area contributed by atoms with E-state index in [2.05, 4.69) is 15.6 Å². The minimum Gasteiger partial charge on any atom is -0.378 e. The molecule has 1 fully saturated rings. The number of carbonyl (C=O) groups is 1. The molecule has 2 N–H and O–H groups in total. The Bertz CT molecular complexity index is 839. The van der Waals surface area contributed by atoms with Crippen molar-refractivity contribution < 1.29 is 22.3 Å². The number of aliphatic imine (C=N–C) groups is 1. The smallest absolute Gasteiger partial charge is 0.243 e. The first-order chi connectivity index (χ1) is 14.2. The number of nitrogens with one attached hydrogen (secondary N) is 2. The van der Waals surface area contributed by atoms with Gasteiger partial charge in [-0.3, -0.25) is 9.79 Å². The van der Waals surface area contributed by atoms with E-state index in [1.165, 1.54) is 22.5 Å². The molecule has 1 heterocycles. The zero-order valence-electron chi connectivity index (χ0n) is 17.6. The van der Waals surface area contributed by atoms with Crippen molar-refractivity contribution in [2.24, 2.45) is 4.99 Å². The highest BCUT2D eigenvalue weighted by molar-refractivity contribution is 7.89. The molecule has 0 spiro atoms. The van der Waals surface area contributed by atoms with Gasteiger partial charge in [0.05, 0.1) is 25.0 Å². The topological polar surface area (TPSA) is 103 Å². The van der Waals surface area contributed by atoms with Gasteiger partial charge in [-0.1, -0.05) is 6.07 Å². The van der Waals surface area contributed by atoms with Gasteiger partial charge >= 0.3 is 0 Å². The van der Waals surface area contributed by atoms with Crippen molar-refractivity contribution in [2.45, 2.75) is 20.0 Å². The van der Waals surface area contributed by atoms with Crippen LogP contribution in [0, 0.1) is 5.82 Å². The summed E-state index contributed by atoms with van der Waals surface area (Å²) in [5.74, 6) is -0.309. The van der Waals surface area contributed by atoms with E-state index >= 15 is 0 Å². The van der Waals surface area contributed by atoms with Gasteiger partial charge in [-0.2, -0.15) is 4.31 Å². The molecule has 1 aromatic rings. The van der Waals surface area contributed by atoms with Crippen LogP contribution in [0.1, 0.15) is 13.8 Å². The number of sulfonamides is 1. The fraction of sp³-hybridized carbons (Fsp3) is 0.579. The molecule has 168 valence electrons. The van der Waals surface area contributed by atoms with Crippen molar-refractivity contribution in [1.82, 2.24) is 14.5 Å². The Morgan fingerprint density at radius 1 is 1.27 bits per heavy atom. The molecule has 1 saturated heterocycles. The minimum absolute atomic E-state index is 0.00967. The van der Waals surface area contributed by atoms with E-state index < -0.39 is 15.8 Å². The Kier molecular flexibility index (Phi) is 9.00. The van der Waals surface area contributed by atoms with Gasteiger partial charge in [0.2, 0.25) is 15.9 Å². The molecule has 1 aliphatic heterocycles. The second kappa shape index (κ2) is 11.2. The standard InChI is InChI=1S/C19H30FN5O4S/c1-15(2)29-11-12-30(27,28)25-9-7-24(8-10-25)19(21-3)22-14-18(26)23-17-6-4-5-16(20)13-17/h4-6,13,15H,7-12,14H2,1-3H3,(H,21,22)(H,23,26). The third kappa shape index (κ3) is 7.54. The van der Waals surface area contributed by atoms with Gasteiger partial charge in [0.1, 0.15) is 5.82 Å². The first kappa shape index (κ1) is 24.0. The summed E-state index contributed by atoms with van der Waals surface area (Å²) >= 11 is 0. The molecule has 0 unspecified atom stereocenters. The molecule has 0 saturated carbocycles. The van der Waals surface area contributed by atoms with Crippen LogP contribution in [0.3, 0.4) is 0 Å². The maximum atomic E-state index is 13.2. The van der Waals surface area contributed by atoms with E-state index in [9.17, 15) is 17.6 Å². The van der Waals surface area contributed by atoms with Gasteiger partial charge in [-0.05, 0) is 32.0 Å². The number of benzene rings is 1. The lowest BCUT2D eigenvalue weighted by molar-refractivity contribution is -0.115. The van der Waals surface area contributed by atoms with Gasteiger partial charge < -0.3 is 20.3 Å². The lowest BCUT2D eigenvalue weighted by atomic mass is 10.3.